The molecule has 0 bridgehead atoms. The van der Waals surface area contributed by atoms with E-state index in [0.717, 1.165) is 43.3 Å². The minimum Gasteiger partial charge on any atom is -0.497 e. The zero-order valence-electron chi connectivity index (χ0n) is 15.1. The molecule has 3 heterocycles. The van der Waals surface area contributed by atoms with E-state index in [9.17, 15) is 0 Å². The summed E-state index contributed by atoms with van der Waals surface area (Å²) in [6.45, 7) is 2.09. The highest BCUT2D eigenvalue weighted by Crippen LogP contribution is 2.39. The molecule has 2 aliphatic rings. The topological polar surface area (TPSA) is 54.0 Å². The molecule has 1 aliphatic heterocycles. The van der Waals surface area contributed by atoms with Gasteiger partial charge in [-0.25, -0.2) is 9.97 Å². The van der Waals surface area contributed by atoms with Crippen LogP contribution in [0.25, 0.3) is 10.9 Å². The van der Waals surface area contributed by atoms with Crippen molar-refractivity contribution in [3.05, 3.63) is 48.0 Å². The molecule has 3 aromatic rings. The summed E-state index contributed by atoms with van der Waals surface area (Å²) in [6, 6.07) is 8.33. The summed E-state index contributed by atoms with van der Waals surface area (Å²) in [4.78, 5) is 15.1. The number of aromatic amines is 1. The Morgan fingerprint density at radius 1 is 1.08 bits per heavy atom. The molecule has 2 aromatic heterocycles. The van der Waals surface area contributed by atoms with Gasteiger partial charge in [0.2, 0.25) is 0 Å². The second-order valence-electron chi connectivity index (χ2n) is 7.46. The lowest BCUT2D eigenvalue weighted by Gasteiger charge is -2.33. The van der Waals surface area contributed by atoms with Crippen molar-refractivity contribution in [2.45, 2.75) is 37.5 Å². The average Bonchev–Trinajstić information content (AvgIpc) is 3.47. The van der Waals surface area contributed by atoms with Gasteiger partial charge in [-0.1, -0.05) is 0 Å². The maximum absolute atomic E-state index is 5.41. The number of benzene rings is 1. The van der Waals surface area contributed by atoms with Gasteiger partial charge in [0, 0.05) is 42.3 Å². The van der Waals surface area contributed by atoms with Gasteiger partial charge in [0.1, 0.15) is 17.4 Å². The SMILES string of the molecule is COc1ccc2[nH]cc(C3CCN(c4ccnc(C5CC5)n4)CC3)c2c1. The molecule has 0 spiro atoms. The van der Waals surface area contributed by atoms with Gasteiger partial charge >= 0.3 is 0 Å². The van der Waals surface area contributed by atoms with Crippen molar-refractivity contribution in [2.24, 2.45) is 0 Å². The maximum Gasteiger partial charge on any atom is 0.133 e. The quantitative estimate of drug-likeness (QED) is 0.767. The standard InChI is InChI=1S/C21H24N4O/c1-26-16-4-5-19-17(12-16)18(13-23-19)14-7-10-25(11-8-14)20-6-9-22-21(24-20)15-2-3-15/h4-6,9,12-15,23H,2-3,7-8,10-11H2,1H3. The minimum atomic E-state index is 0.580. The molecule has 134 valence electrons. The molecule has 5 nitrogen and oxygen atoms in total. The molecule has 26 heavy (non-hydrogen) atoms. The highest BCUT2D eigenvalue weighted by Gasteiger charge is 2.28. The Labute approximate surface area is 153 Å². The van der Waals surface area contributed by atoms with Crippen LogP contribution in [0.15, 0.2) is 36.7 Å². The number of hydrogen-bond donors (Lipinski definition) is 1. The number of H-pyrrole nitrogens is 1. The van der Waals surface area contributed by atoms with Gasteiger partial charge in [-0.3, -0.25) is 0 Å². The summed E-state index contributed by atoms with van der Waals surface area (Å²) < 4.78 is 5.41. The van der Waals surface area contributed by atoms with Crippen LogP contribution in [0.1, 0.15) is 48.9 Å². The summed E-state index contributed by atoms with van der Waals surface area (Å²) >= 11 is 0. The molecule has 1 saturated carbocycles. The van der Waals surface area contributed by atoms with Crippen LogP contribution in [0.2, 0.25) is 0 Å². The minimum absolute atomic E-state index is 0.580. The van der Waals surface area contributed by atoms with Crippen LogP contribution in [0.3, 0.4) is 0 Å². The Kier molecular flexibility index (Phi) is 3.80. The second kappa shape index (κ2) is 6.31. The van der Waals surface area contributed by atoms with E-state index in [4.69, 9.17) is 9.72 Å². The van der Waals surface area contributed by atoms with Crippen molar-refractivity contribution in [1.82, 2.24) is 15.0 Å². The van der Waals surface area contributed by atoms with Crippen LogP contribution in [0.5, 0.6) is 5.75 Å². The molecule has 5 rings (SSSR count). The zero-order chi connectivity index (χ0) is 17.5. The van der Waals surface area contributed by atoms with E-state index in [1.807, 2.05) is 12.3 Å². The number of ether oxygens (including phenoxy) is 1. The first-order valence-corrected chi connectivity index (χ1v) is 9.55. The van der Waals surface area contributed by atoms with Crippen LogP contribution in [-0.2, 0) is 0 Å². The van der Waals surface area contributed by atoms with Gasteiger partial charge in [-0.05, 0) is 61.4 Å². The first kappa shape index (κ1) is 15.7. The summed E-state index contributed by atoms with van der Waals surface area (Å²) in [6.07, 6.45) is 8.89. The van der Waals surface area contributed by atoms with Crippen LogP contribution in [0.4, 0.5) is 5.82 Å². The molecule has 0 unspecified atom stereocenters. The third kappa shape index (κ3) is 2.81. The lowest BCUT2D eigenvalue weighted by atomic mass is 9.89. The van der Waals surface area contributed by atoms with E-state index in [1.165, 1.54) is 29.3 Å². The van der Waals surface area contributed by atoms with Gasteiger partial charge in [0.05, 0.1) is 7.11 Å². The van der Waals surface area contributed by atoms with Gasteiger partial charge in [-0.15, -0.1) is 0 Å². The van der Waals surface area contributed by atoms with E-state index in [-0.39, 0.29) is 0 Å². The molecule has 1 N–H and O–H groups in total. The number of aromatic nitrogens is 3. The summed E-state index contributed by atoms with van der Waals surface area (Å²) in [5.41, 5.74) is 2.60. The van der Waals surface area contributed by atoms with Gasteiger partial charge in [0.25, 0.3) is 0 Å². The Bertz CT molecular complexity index is 923. The van der Waals surface area contributed by atoms with Crippen LogP contribution >= 0.6 is 0 Å². The van der Waals surface area contributed by atoms with Crippen LogP contribution in [0, 0.1) is 0 Å². The Morgan fingerprint density at radius 2 is 1.92 bits per heavy atom. The Morgan fingerprint density at radius 3 is 2.69 bits per heavy atom. The average molecular weight is 348 g/mol. The highest BCUT2D eigenvalue weighted by molar-refractivity contribution is 5.85. The first-order valence-electron chi connectivity index (χ1n) is 9.55. The van der Waals surface area contributed by atoms with Crippen LogP contribution < -0.4 is 9.64 Å². The predicted molar refractivity (Wildman–Crippen MR) is 103 cm³/mol. The molecule has 1 aliphatic carbocycles. The van der Waals surface area contributed by atoms with E-state index in [2.05, 4.69) is 39.3 Å². The van der Waals surface area contributed by atoms with E-state index >= 15 is 0 Å². The summed E-state index contributed by atoms with van der Waals surface area (Å²) in [5, 5.41) is 1.29. The fraction of sp³-hybridized carbons (Fsp3) is 0.429. The van der Waals surface area contributed by atoms with Gasteiger partial charge in [0.15, 0.2) is 0 Å². The third-order valence-corrected chi connectivity index (χ3v) is 5.78. The van der Waals surface area contributed by atoms with E-state index in [0.29, 0.717) is 11.8 Å². The number of methoxy groups -OCH3 is 1. The largest absolute Gasteiger partial charge is 0.497 e. The monoisotopic (exact) mass is 348 g/mol. The third-order valence-electron chi connectivity index (χ3n) is 5.78. The highest BCUT2D eigenvalue weighted by atomic mass is 16.5. The van der Waals surface area contributed by atoms with Gasteiger partial charge in [-0.2, -0.15) is 0 Å². The lowest BCUT2D eigenvalue weighted by molar-refractivity contribution is 0.415. The molecule has 1 saturated heterocycles. The molecule has 0 atom stereocenters. The number of hydrogen-bond acceptors (Lipinski definition) is 4. The second-order valence-corrected chi connectivity index (χ2v) is 7.46. The number of nitrogens with zero attached hydrogens (tertiary/aromatic N) is 3. The molecular formula is C21H24N4O. The van der Waals surface area contributed by atoms with Crippen LogP contribution in [-0.4, -0.2) is 35.2 Å². The van der Waals surface area contributed by atoms with E-state index < -0.39 is 0 Å². The Balaban J connectivity index is 1.33. The zero-order valence-corrected chi connectivity index (χ0v) is 15.1. The molecule has 0 amide bonds. The van der Waals surface area contributed by atoms with Crippen molar-refractivity contribution in [1.29, 1.82) is 0 Å². The van der Waals surface area contributed by atoms with Crippen molar-refractivity contribution in [3.63, 3.8) is 0 Å². The maximum atomic E-state index is 5.41. The summed E-state index contributed by atoms with van der Waals surface area (Å²) in [7, 11) is 1.73. The number of nitrogens with one attached hydrogen (secondary N) is 1. The Hall–Kier alpha value is -2.56. The predicted octanol–water partition coefficient (Wildman–Crippen LogP) is 4.23. The normalized spacial score (nSPS) is 18.4. The fourth-order valence-electron chi connectivity index (χ4n) is 4.08. The van der Waals surface area contributed by atoms with Crippen molar-refractivity contribution < 1.29 is 4.74 Å². The summed E-state index contributed by atoms with van der Waals surface area (Å²) in [5.74, 6) is 4.24. The van der Waals surface area contributed by atoms with Crippen molar-refractivity contribution >= 4 is 16.7 Å². The lowest BCUT2D eigenvalue weighted by Crippen LogP contribution is -2.33. The van der Waals surface area contributed by atoms with Crippen molar-refractivity contribution in [3.8, 4) is 5.75 Å². The number of rotatable bonds is 4. The molecule has 2 fully saturated rings. The molecule has 0 radical (unpaired) electrons. The molecular weight excluding hydrogens is 324 g/mol. The molecule has 1 aromatic carbocycles. The first-order chi connectivity index (χ1) is 12.8. The van der Waals surface area contributed by atoms with E-state index in [1.54, 1.807) is 7.11 Å². The van der Waals surface area contributed by atoms with Crippen molar-refractivity contribution in [2.75, 3.05) is 25.1 Å². The number of fused-ring (bicyclic) bond motifs is 1. The van der Waals surface area contributed by atoms with Gasteiger partial charge < -0.3 is 14.6 Å². The number of anilines is 1. The number of piperidine rings is 1. The molecule has 5 heteroatoms. The fourth-order valence-corrected chi connectivity index (χ4v) is 4.08. The smallest absolute Gasteiger partial charge is 0.133 e.